The minimum atomic E-state index is -1.08. The van der Waals surface area contributed by atoms with Gasteiger partial charge in [-0.15, -0.1) is 0 Å². The number of carboxylic acids is 1. The number of halogens is 1. The number of nitrogens with zero attached hydrogens (tertiary/aromatic N) is 1. The van der Waals surface area contributed by atoms with Crippen molar-refractivity contribution in [3.8, 4) is 5.75 Å². The first-order chi connectivity index (χ1) is 10.3. The van der Waals surface area contributed by atoms with Gasteiger partial charge in [-0.3, -0.25) is 4.79 Å². The van der Waals surface area contributed by atoms with Crippen molar-refractivity contribution in [2.24, 2.45) is 5.92 Å². The number of ketones is 1. The molecule has 0 heterocycles. The lowest BCUT2D eigenvalue weighted by molar-refractivity contribution is -0.139. The predicted octanol–water partition coefficient (Wildman–Crippen LogP) is 2.88. The van der Waals surface area contributed by atoms with Crippen LogP contribution in [0.3, 0.4) is 0 Å². The second-order valence-corrected chi connectivity index (χ2v) is 5.84. The average molecular weight is 328 g/mol. The summed E-state index contributed by atoms with van der Waals surface area (Å²) in [5.41, 5.74) is 1.17. The molecule has 0 radical (unpaired) electrons. The summed E-state index contributed by atoms with van der Waals surface area (Å²) in [4.78, 5) is 25.2. The molecule has 6 heteroatoms. The standard InChI is InChI=1S/C16H22ClNO4/c1-5-11(8-18(3)4)16(21)12-6-7-13(15(17)10(12)2)22-9-14(19)20/h6-7,11H,5,8-9H2,1-4H3,(H,19,20). The molecule has 122 valence electrons. The maximum atomic E-state index is 12.6. The van der Waals surface area contributed by atoms with Crippen LogP contribution in [0.25, 0.3) is 0 Å². The van der Waals surface area contributed by atoms with Crippen molar-refractivity contribution in [3.05, 3.63) is 28.3 Å². The van der Waals surface area contributed by atoms with Gasteiger partial charge in [0.15, 0.2) is 12.4 Å². The van der Waals surface area contributed by atoms with Gasteiger partial charge in [0.1, 0.15) is 5.75 Å². The molecule has 0 fully saturated rings. The average Bonchev–Trinajstić information content (AvgIpc) is 2.45. The number of Topliss-reactive ketones (excluding diaryl/α,β-unsaturated/α-hetero) is 1. The Bertz CT molecular complexity index is 557. The highest BCUT2D eigenvalue weighted by Crippen LogP contribution is 2.31. The minimum absolute atomic E-state index is 0.0420. The molecule has 1 aromatic carbocycles. The molecule has 1 N–H and O–H groups in total. The van der Waals surface area contributed by atoms with Crippen molar-refractivity contribution in [2.75, 3.05) is 27.2 Å². The third-order valence-electron chi connectivity index (χ3n) is 3.42. The van der Waals surface area contributed by atoms with Gasteiger partial charge in [0.05, 0.1) is 5.02 Å². The topological polar surface area (TPSA) is 66.8 Å². The number of carboxylic acid groups (broad SMARTS) is 1. The lowest BCUT2D eigenvalue weighted by Crippen LogP contribution is -2.28. The summed E-state index contributed by atoms with van der Waals surface area (Å²) >= 11 is 6.20. The first kappa shape index (κ1) is 18.5. The van der Waals surface area contributed by atoms with Crippen molar-refractivity contribution in [1.29, 1.82) is 0 Å². The summed E-state index contributed by atoms with van der Waals surface area (Å²) in [6, 6.07) is 3.20. The molecule has 0 bridgehead atoms. The molecule has 1 rings (SSSR count). The van der Waals surface area contributed by atoms with Gasteiger partial charge in [-0.1, -0.05) is 18.5 Å². The van der Waals surface area contributed by atoms with Crippen LogP contribution in [-0.2, 0) is 4.79 Å². The molecule has 0 saturated carbocycles. The zero-order valence-electron chi connectivity index (χ0n) is 13.4. The monoisotopic (exact) mass is 327 g/mol. The minimum Gasteiger partial charge on any atom is -0.480 e. The molecule has 1 unspecified atom stereocenters. The fraction of sp³-hybridized carbons (Fsp3) is 0.500. The number of carbonyl (C=O) groups excluding carboxylic acids is 1. The van der Waals surface area contributed by atoms with Crippen LogP contribution < -0.4 is 4.74 Å². The Labute approximate surface area is 135 Å². The Balaban J connectivity index is 3.03. The Morgan fingerprint density at radius 1 is 1.36 bits per heavy atom. The highest BCUT2D eigenvalue weighted by molar-refractivity contribution is 6.33. The van der Waals surface area contributed by atoms with Crippen LogP contribution in [-0.4, -0.2) is 49.0 Å². The van der Waals surface area contributed by atoms with E-state index in [-0.39, 0.29) is 22.5 Å². The van der Waals surface area contributed by atoms with E-state index >= 15 is 0 Å². The molecule has 0 aliphatic rings. The van der Waals surface area contributed by atoms with E-state index in [4.69, 9.17) is 21.4 Å². The molecule has 0 aliphatic heterocycles. The van der Waals surface area contributed by atoms with E-state index in [1.54, 1.807) is 19.1 Å². The number of hydrogen-bond donors (Lipinski definition) is 1. The summed E-state index contributed by atoms with van der Waals surface area (Å²) in [5, 5.41) is 8.92. The zero-order valence-corrected chi connectivity index (χ0v) is 14.1. The molecule has 0 amide bonds. The molecular formula is C16H22ClNO4. The maximum Gasteiger partial charge on any atom is 0.341 e. The van der Waals surface area contributed by atoms with E-state index in [0.717, 1.165) is 6.42 Å². The summed E-state index contributed by atoms with van der Waals surface area (Å²) < 4.78 is 5.11. The van der Waals surface area contributed by atoms with Crippen LogP contribution in [0.1, 0.15) is 29.3 Å². The van der Waals surface area contributed by atoms with Crippen LogP contribution in [0.5, 0.6) is 5.75 Å². The predicted molar refractivity (Wildman–Crippen MR) is 86.0 cm³/mol. The van der Waals surface area contributed by atoms with Crippen LogP contribution in [0.2, 0.25) is 5.02 Å². The normalized spacial score (nSPS) is 12.3. The van der Waals surface area contributed by atoms with E-state index < -0.39 is 12.6 Å². The van der Waals surface area contributed by atoms with Gasteiger partial charge in [0, 0.05) is 18.0 Å². The molecule has 1 aromatic rings. The Morgan fingerprint density at radius 2 is 2.00 bits per heavy atom. The fourth-order valence-electron chi connectivity index (χ4n) is 2.24. The number of rotatable bonds is 8. The third kappa shape index (κ3) is 4.71. The number of ether oxygens (including phenoxy) is 1. The number of benzene rings is 1. The van der Waals surface area contributed by atoms with E-state index in [1.165, 1.54) is 0 Å². The lowest BCUT2D eigenvalue weighted by Gasteiger charge is -2.20. The first-order valence-electron chi connectivity index (χ1n) is 7.10. The molecular weight excluding hydrogens is 306 g/mol. The second-order valence-electron chi connectivity index (χ2n) is 5.46. The second kappa shape index (κ2) is 8.15. The molecule has 22 heavy (non-hydrogen) atoms. The maximum absolute atomic E-state index is 12.6. The van der Waals surface area contributed by atoms with Gasteiger partial charge >= 0.3 is 5.97 Å². The highest BCUT2D eigenvalue weighted by atomic mass is 35.5. The van der Waals surface area contributed by atoms with Crippen molar-refractivity contribution in [1.82, 2.24) is 4.90 Å². The molecule has 0 saturated heterocycles. The van der Waals surface area contributed by atoms with Gasteiger partial charge in [0.25, 0.3) is 0 Å². The van der Waals surface area contributed by atoms with Gasteiger partial charge in [-0.05, 0) is 45.1 Å². The number of carbonyl (C=O) groups is 2. The van der Waals surface area contributed by atoms with E-state index in [1.807, 2.05) is 25.9 Å². The molecule has 5 nitrogen and oxygen atoms in total. The Hall–Kier alpha value is -1.59. The zero-order chi connectivity index (χ0) is 16.9. The van der Waals surface area contributed by atoms with E-state index in [2.05, 4.69) is 0 Å². The first-order valence-corrected chi connectivity index (χ1v) is 7.48. The van der Waals surface area contributed by atoms with Crippen molar-refractivity contribution in [3.63, 3.8) is 0 Å². The third-order valence-corrected chi connectivity index (χ3v) is 3.89. The van der Waals surface area contributed by atoms with Gasteiger partial charge in [0.2, 0.25) is 0 Å². The van der Waals surface area contributed by atoms with Crippen molar-refractivity contribution >= 4 is 23.4 Å². The molecule has 0 aliphatic carbocycles. The smallest absolute Gasteiger partial charge is 0.341 e. The molecule has 1 atom stereocenters. The summed E-state index contributed by atoms with van der Waals surface area (Å²) in [7, 11) is 3.86. The van der Waals surface area contributed by atoms with E-state index in [9.17, 15) is 9.59 Å². The van der Waals surface area contributed by atoms with E-state index in [0.29, 0.717) is 17.7 Å². The van der Waals surface area contributed by atoms with Gasteiger partial charge in [-0.2, -0.15) is 0 Å². The van der Waals surface area contributed by atoms with Crippen LogP contribution >= 0.6 is 11.6 Å². The highest BCUT2D eigenvalue weighted by Gasteiger charge is 2.22. The quantitative estimate of drug-likeness (QED) is 0.744. The van der Waals surface area contributed by atoms with Crippen molar-refractivity contribution < 1.29 is 19.4 Å². The fourth-order valence-corrected chi connectivity index (χ4v) is 2.46. The van der Waals surface area contributed by atoms with Crippen LogP contribution in [0.4, 0.5) is 0 Å². The summed E-state index contributed by atoms with van der Waals surface area (Å²) in [6.45, 7) is 3.92. The summed E-state index contributed by atoms with van der Waals surface area (Å²) in [6.07, 6.45) is 0.741. The Kier molecular flexibility index (Phi) is 6.84. The number of hydrogen-bond acceptors (Lipinski definition) is 4. The summed E-state index contributed by atoms with van der Waals surface area (Å²) in [5.74, 6) is -0.861. The van der Waals surface area contributed by atoms with Crippen LogP contribution in [0, 0.1) is 12.8 Å². The number of aliphatic carboxylic acids is 1. The van der Waals surface area contributed by atoms with Gasteiger partial charge in [-0.25, -0.2) is 4.79 Å². The SMILES string of the molecule is CCC(CN(C)C)C(=O)c1ccc(OCC(=O)O)c(Cl)c1C. The molecule has 0 aromatic heterocycles. The molecule has 0 spiro atoms. The Morgan fingerprint density at radius 3 is 2.50 bits per heavy atom. The lowest BCUT2D eigenvalue weighted by atomic mass is 9.92. The van der Waals surface area contributed by atoms with Gasteiger partial charge < -0.3 is 14.7 Å². The largest absolute Gasteiger partial charge is 0.480 e. The van der Waals surface area contributed by atoms with Crippen molar-refractivity contribution in [2.45, 2.75) is 20.3 Å². The van der Waals surface area contributed by atoms with Crippen LogP contribution in [0.15, 0.2) is 12.1 Å².